The van der Waals surface area contributed by atoms with Crippen LogP contribution in [0.5, 0.6) is 0 Å². The molecular formula is C11H15NOS. The van der Waals surface area contributed by atoms with E-state index in [4.69, 9.17) is 0 Å². The molecular weight excluding hydrogens is 194 g/mol. The summed E-state index contributed by atoms with van der Waals surface area (Å²) in [7, 11) is 0. The van der Waals surface area contributed by atoms with Crippen molar-refractivity contribution in [3.05, 3.63) is 22.4 Å². The van der Waals surface area contributed by atoms with E-state index in [0.29, 0.717) is 0 Å². The smallest absolute Gasteiger partial charge is 0.223 e. The molecule has 1 saturated heterocycles. The summed E-state index contributed by atoms with van der Waals surface area (Å²) in [6, 6.07) is 4.21. The predicted molar refractivity (Wildman–Crippen MR) is 58.4 cm³/mol. The van der Waals surface area contributed by atoms with Crippen LogP contribution in [-0.2, 0) is 11.2 Å². The van der Waals surface area contributed by atoms with Gasteiger partial charge < -0.3 is 5.32 Å². The van der Waals surface area contributed by atoms with E-state index in [2.05, 4.69) is 22.8 Å². The van der Waals surface area contributed by atoms with Crippen molar-refractivity contribution in [2.45, 2.75) is 25.7 Å². The van der Waals surface area contributed by atoms with Gasteiger partial charge in [-0.05, 0) is 37.1 Å². The third-order valence-electron chi connectivity index (χ3n) is 2.72. The van der Waals surface area contributed by atoms with Gasteiger partial charge in [-0.1, -0.05) is 6.07 Å². The third kappa shape index (κ3) is 2.35. The zero-order valence-corrected chi connectivity index (χ0v) is 8.98. The fourth-order valence-electron chi connectivity index (χ4n) is 1.88. The molecule has 1 unspecified atom stereocenters. The molecule has 14 heavy (non-hydrogen) atoms. The van der Waals surface area contributed by atoms with Crippen molar-refractivity contribution in [1.82, 2.24) is 5.32 Å². The molecule has 0 spiro atoms. The van der Waals surface area contributed by atoms with Crippen LogP contribution in [0.25, 0.3) is 0 Å². The largest absolute Gasteiger partial charge is 0.356 e. The SMILES string of the molecule is O=C1NCCCC1CCc1cccs1. The molecule has 1 aromatic heterocycles. The van der Waals surface area contributed by atoms with Gasteiger partial charge in [-0.25, -0.2) is 0 Å². The highest BCUT2D eigenvalue weighted by molar-refractivity contribution is 7.09. The van der Waals surface area contributed by atoms with Gasteiger partial charge >= 0.3 is 0 Å². The van der Waals surface area contributed by atoms with Crippen LogP contribution in [0.4, 0.5) is 0 Å². The van der Waals surface area contributed by atoms with E-state index in [1.54, 1.807) is 11.3 Å². The van der Waals surface area contributed by atoms with Gasteiger partial charge in [0.2, 0.25) is 5.91 Å². The summed E-state index contributed by atoms with van der Waals surface area (Å²) in [5.41, 5.74) is 0. The summed E-state index contributed by atoms with van der Waals surface area (Å²) in [5.74, 6) is 0.513. The maximum absolute atomic E-state index is 11.4. The molecule has 76 valence electrons. The van der Waals surface area contributed by atoms with Crippen molar-refractivity contribution in [1.29, 1.82) is 0 Å². The molecule has 1 N–H and O–H groups in total. The average Bonchev–Trinajstić information content (AvgIpc) is 2.69. The highest BCUT2D eigenvalue weighted by Crippen LogP contribution is 2.20. The number of rotatable bonds is 3. The zero-order chi connectivity index (χ0) is 9.80. The van der Waals surface area contributed by atoms with Crippen LogP contribution < -0.4 is 5.32 Å². The van der Waals surface area contributed by atoms with Crippen LogP contribution in [0, 0.1) is 5.92 Å². The molecule has 1 aromatic rings. The lowest BCUT2D eigenvalue weighted by molar-refractivity contribution is -0.126. The molecule has 1 fully saturated rings. The highest BCUT2D eigenvalue weighted by atomic mass is 32.1. The lowest BCUT2D eigenvalue weighted by atomic mass is 9.93. The minimum absolute atomic E-state index is 0.255. The van der Waals surface area contributed by atoms with E-state index in [9.17, 15) is 4.79 Å². The number of carbonyl (C=O) groups is 1. The number of piperidine rings is 1. The van der Waals surface area contributed by atoms with Gasteiger partial charge in [-0.15, -0.1) is 11.3 Å². The maximum Gasteiger partial charge on any atom is 0.223 e. The fraction of sp³-hybridized carbons (Fsp3) is 0.545. The maximum atomic E-state index is 11.4. The summed E-state index contributed by atoms with van der Waals surface area (Å²) in [6.45, 7) is 0.869. The highest BCUT2D eigenvalue weighted by Gasteiger charge is 2.21. The van der Waals surface area contributed by atoms with Crippen molar-refractivity contribution in [3.8, 4) is 0 Å². The minimum Gasteiger partial charge on any atom is -0.356 e. The Labute approximate surface area is 88.3 Å². The summed E-state index contributed by atoms with van der Waals surface area (Å²) in [6.07, 6.45) is 4.26. The Balaban J connectivity index is 1.82. The first kappa shape index (κ1) is 9.71. The van der Waals surface area contributed by atoms with Gasteiger partial charge in [-0.2, -0.15) is 0 Å². The Morgan fingerprint density at radius 2 is 2.50 bits per heavy atom. The van der Waals surface area contributed by atoms with E-state index in [1.807, 2.05) is 0 Å². The molecule has 1 atom stereocenters. The Morgan fingerprint density at radius 3 is 3.21 bits per heavy atom. The van der Waals surface area contributed by atoms with E-state index >= 15 is 0 Å². The van der Waals surface area contributed by atoms with E-state index in [0.717, 1.165) is 32.2 Å². The fourth-order valence-corrected chi connectivity index (χ4v) is 2.61. The van der Waals surface area contributed by atoms with Crippen LogP contribution in [0.3, 0.4) is 0 Å². The average molecular weight is 209 g/mol. The minimum atomic E-state index is 0.255. The Morgan fingerprint density at radius 1 is 1.57 bits per heavy atom. The topological polar surface area (TPSA) is 29.1 Å². The number of aryl methyl sites for hydroxylation is 1. The van der Waals surface area contributed by atoms with E-state index in [-0.39, 0.29) is 11.8 Å². The van der Waals surface area contributed by atoms with Crippen LogP contribution >= 0.6 is 11.3 Å². The number of thiophene rings is 1. The van der Waals surface area contributed by atoms with Crippen LogP contribution in [0.2, 0.25) is 0 Å². The quantitative estimate of drug-likeness (QED) is 0.812. The standard InChI is InChI=1S/C11H15NOS/c13-11-9(3-1-7-12-11)5-6-10-4-2-8-14-10/h2,4,8-9H,1,3,5-7H2,(H,12,13). The van der Waals surface area contributed by atoms with Gasteiger partial charge in [0.1, 0.15) is 0 Å². The van der Waals surface area contributed by atoms with Crippen LogP contribution in [-0.4, -0.2) is 12.5 Å². The normalized spacial score (nSPS) is 22.0. The van der Waals surface area contributed by atoms with Crippen molar-refractivity contribution in [2.75, 3.05) is 6.54 Å². The second-order valence-corrected chi connectivity index (χ2v) is 4.78. The summed E-state index contributed by atoms with van der Waals surface area (Å²) in [4.78, 5) is 12.8. The Bertz CT molecular complexity index is 294. The first-order valence-electron chi connectivity index (χ1n) is 5.16. The molecule has 3 heteroatoms. The molecule has 2 rings (SSSR count). The molecule has 2 heterocycles. The second kappa shape index (κ2) is 4.60. The van der Waals surface area contributed by atoms with E-state index < -0.39 is 0 Å². The summed E-state index contributed by atoms with van der Waals surface area (Å²) >= 11 is 1.78. The molecule has 0 saturated carbocycles. The Hall–Kier alpha value is -0.830. The molecule has 1 amide bonds. The molecule has 0 bridgehead atoms. The zero-order valence-electron chi connectivity index (χ0n) is 8.16. The van der Waals surface area contributed by atoms with Gasteiger partial charge in [-0.3, -0.25) is 4.79 Å². The predicted octanol–water partition coefficient (Wildman–Crippen LogP) is 2.21. The van der Waals surface area contributed by atoms with Crippen LogP contribution in [0.15, 0.2) is 17.5 Å². The molecule has 1 aliphatic heterocycles. The monoisotopic (exact) mass is 209 g/mol. The van der Waals surface area contributed by atoms with Crippen molar-refractivity contribution < 1.29 is 4.79 Å². The van der Waals surface area contributed by atoms with Gasteiger partial charge in [0.15, 0.2) is 0 Å². The van der Waals surface area contributed by atoms with E-state index in [1.165, 1.54) is 4.88 Å². The van der Waals surface area contributed by atoms with Gasteiger partial charge in [0.25, 0.3) is 0 Å². The first-order chi connectivity index (χ1) is 6.86. The molecule has 0 aliphatic carbocycles. The number of hydrogen-bond donors (Lipinski definition) is 1. The van der Waals surface area contributed by atoms with Crippen molar-refractivity contribution in [2.24, 2.45) is 5.92 Å². The third-order valence-corrected chi connectivity index (χ3v) is 3.65. The summed E-state index contributed by atoms with van der Waals surface area (Å²) in [5, 5.41) is 5.02. The van der Waals surface area contributed by atoms with Gasteiger partial charge in [0.05, 0.1) is 0 Å². The Kier molecular flexibility index (Phi) is 3.19. The number of amides is 1. The van der Waals surface area contributed by atoms with Crippen molar-refractivity contribution >= 4 is 17.2 Å². The number of nitrogens with one attached hydrogen (secondary N) is 1. The molecule has 0 radical (unpaired) electrons. The summed E-state index contributed by atoms with van der Waals surface area (Å²) < 4.78 is 0. The number of carbonyl (C=O) groups excluding carboxylic acids is 1. The van der Waals surface area contributed by atoms with Crippen LogP contribution in [0.1, 0.15) is 24.1 Å². The molecule has 1 aliphatic rings. The van der Waals surface area contributed by atoms with Crippen molar-refractivity contribution in [3.63, 3.8) is 0 Å². The molecule has 0 aromatic carbocycles. The molecule has 2 nitrogen and oxygen atoms in total. The van der Waals surface area contributed by atoms with Gasteiger partial charge in [0, 0.05) is 17.3 Å². The number of hydrogen-bond acceptors (Lipinski definition) is 2. The first-order valence-corrected chi connectivity index (χ1v) is 6.04. The lowest BCUT2D eigenvalue weighted by Gasteiger charge is -2.21. The lowest BCUT2D eigenvalue weighted by Crippen LogP contribution is -2.36. The second-order valence-electron chi connectivity index (χ2n) is 3.75.